The van der Waals surface area contributed by atoms with Crippen molar-refractivity contribution in [2.24, 2.45) is 11.3 Å². The molecular weight excluding hydrogens is 236 g/mol. The monoisotopic (exact) mass is 252 g/mol. The van der Waals surface area contributed by atoms with Gasteiger partial charge >= 0.3 is 0 Å². The Hall–Kier alpha value is -0.870. The van der Waals surface area contributed by atoms with Gasteiger partial charge in [0, 0.05) is 6.61 Å². The van der Waals surface area contributed by atoms with Gasteiger partial charge in [-0.2, -0.15) is 0 Å². The van der Waals surface area contributed by atoms with E-state index in [1.165, 1.54) is 0 Å². The van der Waals surface area contributed by atoms with E-state index >= 15 is 0 Å². The van der Waals surface area contributed by atoms with E-state index in [0.29, 0.717) is 11.3 Å². The van der Waals surface area contributed by atoms with E-state index in [1.807, 2.05) is 13.0 Å². The Morgan fingerprint density at radius 1 is 1.35 bits per heavy atom. The maximum atomic E-state index is 12.6. The molecule has 1 aromatic rings. The summed E-state index contributed by atoms with van der Waals surface area (Å²) in [4.78, 5) is 0.421. The second kappa shape index (κ2) is 3.12. The van der Waals surface area contributed by atoms with Crippen molar-refractivity contribution in [1.82, 2.24) is 0 Å². The number of sulfone groups is 1. The molecule has 1 N–H and O–H groups in total. The van der Waals surface area contributed by atoms with Crippen molar-refractivity contribution in [3.63, 3.8) is 0 Å². The molecule has 0 saturated heterocycles. The summed E-state index contributed by atoms with van der Waals surface area (Å²) < 4.78 is 24.6. The second-order valence-corrected chi connectivity index (χ2v) is 7.44. The smallest absolute Gasteiger partial charge is 0.184 e. The average Bonchev–Trinajstić information content (AvgIpc) is 3.16. The zero-order valence-corrected chi connectivity index (χ0v) is 10.6. The molecule has 2 fully saturated rings. The van der Waals surface area contributed by atoms with Gasteiger partial charge in [-0.25, -0.2) is 8.42 Å². The first-order chi connectivity index (χ1) is 8.03. The topological polar surface area (TPSA) is 54.4 Å². The fourth-order valence-electron chi connectivity index (χ4n) is 3.58. The van der Waals surface area contributed by atoms with E-state index in [2.05, 4.69) is 0 Å². The fraction of sp³-hybridized carbons (Fsp3) is 0.538. The van der Waals surface area contributed by atoms with Crippen LogP contribution < -0.4 is 0 Å². The molecule has 3 nitrogen and oxygen atoms in total. The minimum absolute atomic E-state index is 0.0798. The highest BCUT2D eigenvalue weighted by Gasteiger charge is 2.94. The lowest BCUT2D eigenvalue weighted by atomic mass is 10.0. The predicted molar refractivity (Wildman–Crippen MR) is 64.3 cm³/mol. The van der Waals surface area contributed by atoms with Crippen molar-refractivity contribution in [2.45, 2.75) is 29.4 Å². The molecule has 92 valence electrons. The molecule has 0 amide bonds. The molecule has 0 heterocycles. The predicted octanol–water partition coefficient (Wildman–Crippen LogP) is 1.62. The van der Waals surface area contributed by atoms with E-state index in [1.54, 1.807) is 24.3 Å². The van der Waals surface area contributed by atoms with Gasteiger partial charge in [-0.1, -0.05) is 25.1 Å². The summed E-state index contributed by atoms with van der Waals surface area (Å²) in [6.45, 7) is 2.07. The van der Waals surface area contributed by atoms with Crippen molar-refractivity contribution in [3.8, 4) is 0 Å². The van der Waals surface area contributed by atoms with Gasteiger partial charge in [-0.05, 0) is 36.3 Å². The van der Waals surface area contributed by atoms with E-state index in [-0.39, 0.29) is 17.9 Å². The van der Waals surface area contributed by atoms with Gasteiger partial charge in [0.2, 0.25) is 0 Å². The first-order valence-corrected chi connectivity index (χ1v) is 7.42. The molecule has 2 aliphatic carbocycles. The van der Waals surface area contributed by atoms with E-state index in [9.17, 15) is 8.42 Å². The first-order valence-electron chi connectivity index (χ1n) is 5.93. The molecule has 0 spiro atoms. The first kappa shape index (κ1) is 11.2. The number of aliphatic hydroxyl groups excluding tert-OH is 1. The van der Waals surface area contributed by atoms with Crippen LogP contribution in [0.15, 0.2) is 35.2 Å². The third-order valence-electron chi connectivity index (χ3n) is 4.83. The van der Waals surface area contributed by atoms with E-state index in [0.717, 1.165) is 6.42 Å². The van der Waals surface area contributed by atoms with Gasteiger partial charge in [0.25, 0.3) is 0 Å². The van der Waals surface area contributed by atoms with Crippen LogP contribution in [0.1, 0.15) is 19.8 Å². The number of rotatable bonds is 4. The molecule has 0 unspecified atom stereocenters. The van der Waals surface area contributed by atoms with Crippen LogP contribution in [0.3, 0.4) is 0 Å². The zero-order valence-electron chi connectivity index (χ0n) is 9.76. The summed E-state index contributed by atoms with van der Waals surface area (Å²) in [7, 11) is -3.23. The van der Waals surface area contributed by atoms with Gasteiger partial charge in [0.05, 0.1) is 9.64 Å². The van der Waals surface area contributed by atoms with E-state index < -0.39 is 14.6 Å². The van der Waals surface area contributed by atoms with Crippen molar-refractivity contribution >= 4 is 9.84 Å². The van der Waals surface area contributed by atoms with Gasteiger partial charge in [-0.15, -0.1) is 0 Å². The quantitative estimate of drug-likeness (QED) is 0.886. The number of aliphatic hydroxyl groups is 1. The van der Waals surface area contributed by atoms with Crippen LogP contribution in [-0.2, 0) is 9.84 Å². The van der Waals surface area contributed by atoms with E-state index in [4.69, 9.17) is 5.11 Å². The summed E-state index contributed by atoms with van der Waals surface area (Å²) in [5, 5.41) is 9.04. The Kier molecular flexibility index (Phi) is 2.06. The standard InChI is InChI=1S/C13H16O3S/c1-10-12(7-8-14)9-13(10,12)17(15,16)11-5-3-2-4-6-11/h2-6,10,14H,7-9H2,1H3/t10-,12-,13-/m1/s1. The lowest BCUT2D eigenvalue weighted by Crippen LogP contribution is -2.17. The number of fused-ring (bicyclic) bond motifs is 1. The summed E-state index contributed by atoms with van der Waals surface area (Å²) in [6, 6.07) is 8.66. The van der Waals surface area contributed by atoms with Crippen molar-refractivity contribution in [3.05, 3.63) is 30.3 Å². The SMILES string of the molecule is C[C@@H]1[C@@]2(CCO)C[C@@]12S(=O)(=O)c1ccccc1. The molecule has 2 saturated carbocycles. The Labute approximate surface area is 101 Å². The average molecular weight is 252 g/mol. The number of hydrogen-bond acceptors (Lipinski definition) is 3. The molecule has 3 atom stereocenters. The van der Waals surface area contributed by atoms with Crippen molar-refractivity contribution in [2.75, 3.05) is 6.61 Å². The van der Waals surface area contributed by atoms with Crippen molar-refractivity contribution < 1.29 is 13.5 Å². The van der Waals surface area contributed by atoms with Crippen LogP contribution >= 0.6 is 0 Å². The Bertz CT molecular complexity index is 551. The van der Waals surface area contributed by atoms with Crippen LogP contribution in [-0.4, -0.2) is 24.9 Å². The lowest BCUT2D eigenvalue weighted by Gasteiger charge is -2.09. The summed E-state index contributed by atoms with van der Waals surface area (Å²) in [5.41, 5.74) is -0.129. The molecule has 0 aromatic heterocycles. The molecule has 17 heavy (non-hydrogen) atoms. The molecule has 3 rings (SSSR count). The maximum absolute atomic E-state index is 12.6. The maximum Gasteiger partial charge on any atom is 0.184 e. The van der Waals surface area contributed by atoms with Crippen LogP contribution in [0, 0.1) is 11.3 Å². The second-order valence-electron chi connectivity index (χ2n) is 5.23. The highest BCUT2D eigenvalue weighted by molar-refractivity contribution is 7.93. The van der Waals surface area contributed by atoms with Crippen LogP contribution in [0.5, 0.6) is 0 Å². The Morgan fingerprint density at radius 2 is 2.00 bits per heavy atom. The third kappa shape index (κ3) is 1.08. The summed E-state index contributed by atoms with van der Waals surface area (Å²) in [6.07, 6.45) is 1.33. The minimum Gasteiger partial charge on any atom is -0.396 e. The van der Waals surface area contributed by atoms with Gasteiger partial charge in [-0.3, -0.25) is 0 Å². The number of benzene rings is 1. The zero-order chi connectivity index (χ0) is 12.3. The fourth-order valence-corrected chi connectivity index (χ4v) is 6.41. The third-order valence-corrected chi connectivity index (χ3v) is 7.59. The van der Waals surface area contributed by atoms with Gasteiger partial charge in [0.1, 0.15) is 0 Å². The molecule has 0 bridgehead atoms. The Balaban J connectivity index is 1.98. The van der Waals surface area contributed by atoms with Crippen LogP contribution in [0.4, 0.5) is 0 Å². The molecule has 1 aromatic carbocycles. The summed E-state index contributed by atoms with van der Waals surface area (Å²) in [5.74, 6) is 0.187. The summed E-state index contributed by atoms with van der Waals surface area (Å²) >= 11 is 0. The lowest BCUT2D eigenvalue weighted by molar-refractivity contribution is 0.259. The van der Waals surface area contributed by atoms with Crippen molar-refractivity contribution in [1.29, 1.82) is 0 Å². The molecule has 4 heteroatoms. The van der Waals surface area contributed by atoms with Crippen LogP contribution in [0.2, 0.25) is 0 Å². The Morgan fingerprint density at radius 3 is 2.53 bits per heavy atom. The van der Waals surface area contributed by atoms with Gasteiger partial charge in [0.15, 0.2) is 9.84 Å². The molecule has 2 aliphatic rings. The van der Waals surface area contributed by atoms with Crippen LogP contribution in [0.25, 0.3) is 0 Å². The number of hydrogen-bond donors (Lipinski definition) is 1. The normalized spacial score (nSPS) is 38.6. The molecular formula is C13H16O3S. The van der Waals surface area contributed by atoms with Gasteiger partial charge < -0.3 is 5.11 Å². The minimum atomic E-state index is -3.23. The molecule has 0 radical (unpaired) electrons. The highest BCUT2D eigenvalue weighted by Crippen LogP contribution is 2.88. The largest absolute Gasteiger partial charge is 0.396 e. The molecule has 0 aliphatic heterocycles. The highest BCUT2D eigenvalue weighted by atomic mass is 32.2.